The fraction of sp³-hybridized carbons (Fsp3) is 0.417. The van der Waals surface area contributed by atoms with Crippen molar-refractivity contribution in [3.8, 4) is 17.2 Å². The molecule has 0 amide bonds. The van der Waals surface area contributed by atoms with E-state index in [2.05, 4.69) is 17.0 Å². The summed E-state index contributed by atoms with van der Waals surface area (Å²) in [6.07, 6.45) is 2.90. The summed E-state index contributed by atoms with van der Waals surface area (Å²) in [4.78, 5) is 2.45. The van der Waals surface area contributed by atoms with Gasteiger partial charge in [-0.3, -0.25) is 4.90 Å². The van der Waals surface area contributed by atoms with E-state index < -0.39 is 6.10 Å². The standard InChI is InChI=1S/C24H27NO4/c1-27-14-7-8-15-16(10-14)17-11-21(28-2)22(29-3)12-18(17)23-19(15)13-25-9-5-4-6-20(25)24(23)26/h7-8,10-12,20,24,26H,4-6,9,13H2,1-3H3/t20-,24+/m0/s1. The topological polar surface area (TPSA) is 51.2 Å². The Bertz CT molecular complexity index is 1090. The van der Waals surface area contributed by atoms with Crippen LogP contribution in [0.2, 0.25) is 0 Å². The number of rotatable bonds is 3. The fourth-order valence-corrected chi connectivity index (χ4v) is 5.24. The molecule has 0 spiro atoms. The molecule has 3 aromatic carbocycles. The molecule has 1 saturated heterocycles. The van der Waals surface area contributed by atoms with E-state index >= 15 is 0 Å². The quantitative estimate of drug-likeness (QED) is 0.668. The molecule has 2 atom stereocenters. The zero-order valence-electron chi connectivity index (χ0n) is 17.2. The Balaban J connectivity index is 1.89. The minimum atomic E-state index is -0.508. The molecule has 0 saturated carbocycles. The zero-order chi connectivity index (χ0) is 20.1. The average molecular weight is 393 g/mol. The van der Waals surface area contributed by atoms with Gasteiger partial charge in [0.05, 0.1) is 27.4 Å². The highest BCUT2D eigenvalue weighted by molar-refractivity contribution is 6.12. The lowest BCUT2D eigenvalue weighted by molar-refractivity contribution is 0.00754. The molecule has 2 aliphatic heterocycles. The zero-order valence-corrected chi connectivity index (χ0v) is 17.2. The number of piperidine rings is 1. The van der Waals surface area contributed by atoms with Gasteiger partial charge in [-0.2, -0.15) is 0 Å². The molecule has 0 radical (unpaired) electrons. The van der Waals surface area contributed by atoms with Crippen LogP contribution >= 0.6 is 0 Å². The summed E-state index contributed by atoms with van der Waals surface area (Å²) in [5.41, 5.74) is 2.26. The van der Waals surface area contributed by atoms with Crippen LogP contribution in [0.1, 0.15) is 36.5 Å². The largest absolute Gasteiger partial charge is 0.497 e. The van der Waals surface area contributed by atoms with Crippen molar-refractivity contribution in [1.82, 2.24) is 4.90 Å². The first-order valence-electron chi connectivity index (χ1n) is 10.3. The molecule has 5 nitrogen and oxygen atoms in total. The molecule has 5 heteroatoms. The van der Waals surface area contributed by atoms with E-state index in [0.717, 1.165) is 47.0 Å². The second-order valence-electron chi connectivity index (χ2n) is 8.03. The minimum absolute atomic E-state index is 0.184. The first kappa shape index (κ1) is 18.5. The molecule has 2 heterocycles. The van der Waals surface area contributed by atoms with Crippen LogP contribution in [-0.4, -0.2) is 43.9 Å². The van der Waals surface area contributed by atoms with Crippen LogP contribution < -0.4 is 14.2 Å². The predicted molar refractivity (Wildman–Crippen MR) is 114 cm³/mol. The second kappa shape index (κ2) is 7.08. The third-order valence-electron chi connectivity index (χ3n) is 6.67. The van der Waals surface area contributed by atoms with E-state index in [1.807, 2.05) is 18.2 Å². The van der Waals surface area contributed by atoms with Crippen molar-refractivity contribution in [3.63, 3.8) is 0 Å². The lowest BCUT2D eigenvalue weighted by atomic mass is 9.80. The van der Waals surface area contributed by atoms with E-state index in [9.17, 15) is 5.11 Å². The monoisotopic (exact) mass is 393 g/mol. The van der Waals surface area contributed by atoms with Crippen molar-refractivity contribution in [2.75, 3.05) is 27.9 Å². The van der Waals surface area contributed by atoms with E-state index in [1.165, 1.54) is 23.8 Å². The predicted octanol–water partition coefficient (Wildman–Crippen LogP) is 4.42. The van der Waals surface area contributed by atoms with Crippen molar-refractivity contribution in [3.05, 3.63) is 41.5 Å². The highest BCUT2D eigenvalue weighted by Gasteiger charge is 2.37. The van der Waals surface area contributed by atoms with Crippen molar-refractivity contribution in [1.29, 1.82) is 0 Å². The van der Waals surface area contributed by atoms with Crippen LogP contribution in [0.5, 0.6) is 17.2 Å². The number of fused-ring (bicyclic) bond motifs is 7. The van der Waals surface area contributed by atoms with Crippen LogP contribution in [0.25, 0.3) is 21.5 Å². The fourth-order valence-electron chi connectivity index (χ4n) is 5.24. The smallest absolute Gasteiger partial charge is 0.161 e. The van der Waals surface area contributed by atoms with E-state index in [1.54, 1.807) is 21.3 Å². The van der Waals surface area contributed by atoms with Crippen LogP contribution in [0.3, 0.4) is 0 Å². The molecule has 1 N–H and O–H groups in total. The van der Waals surface area contributed by atoms with Gasteiger partial charge in [0, 0.05) is 12.6 Å². The van der Waals surface area contributed by atoms with Crippen LogP contribution in [0.4, 0.5) is 0 Å². The van der Waals surface area contributed by atoms with Gasteiger partial charge < -0.3 is 19.3 Å². The molecule has 152 valence electrons. The Morgan fingerprint density at radius 2 is 1.59 bits per heavy atom. The van der Waals surface area contributed by atoms with Gasteiger partial charge in [-0.25, -0.2) is 0 Å². The van der Waals surface area contributed by atoms with Gasteiger partial charge in [0.15, 0.2) is 11.5 Å². The number of benzene rings is 3. The molecule has 0 aromatic heterocycles. The summed E-state index contributed by atoms with van der Waals surface area (Å²) in [6.45, 7) is 1.91. The number of aliphatic hydroxyl groups is 1. The Morgan fingerprint density at radius 3 is 2.31 bits per heavy atom. The molecule has 29 heavy (non-hydrogen) atoms. The van der Waals surface area contributed by atoms with Crippen LogP contribution in [-0.2, 0) is 6.54 Å². The second-order valence-corrected chi connectivity index (χ2v) is 8.03. The van der Waals surface area contributed by atoms with Gasteiger partial charge in [0.1, 0.15) is 5.75 Å². The Hall–Kier alpha value is -2.50. The summed E-state index contributed by atoms with van der Waals surface area (Å²) < 4.78 is 16.7. The number of aliphatic hydroxyl groups excluding tert-OH is 1. The van der Waals surface area contributed by atoms with Crippen LogP contribution in [0.15, 0.2) is 30.3 Å². The lowest BCUT2D eigenvalue weighted by Crippen LogP contribution is -2.46. The number of methoxy groups -OCH3 is 3. The van der Waals surface area contributed by atoms with Crippen molar-refractivity contribution in [2.45, 2.75) is 38.0 Å². The third-order valence-corrected chi connectivity index (χ3v) is 6.67. The minimum Gasteiger partial charge on any atom is -0.497 e. The van der Waals surface area contributed by atoms with Gasteiger partial charge in [0.25, 0.3) is 0 Å². The van der Waals surface area contributed by atoms with Gasteiger partial charge in [0.2, 0.25) is 0 Å². The summed E-state index contributed by atoms with van der Waals surface area (Å²) in [5.74, 6) is 2.19. The third kappa shape index (κ3) is 2.75. The lowest BCUT2D eigenvalue weighted by Gasteiger charge is -2.44. The molecule has 0 aliphatic carbocycles. The van der Waals surface area contributed by atoms with E-state index in [-0.39, 0.29) is 6.04 Å². The molecule has 0 bridgehead atoms. The highest BCUT2D eigenvalue weighted by atomic mass is 16.5. The maximum absolute atomic E-state index is 11.5. The number of ether oxygens (including phenoxy) is 3. The van der Waals surface area contributed by atoms with E-state index in [0.29, 0.717) is 11.5 Å². The Kier molecular flexibility index (Phi) is 4.52. The molecule has 0 unspecified atom stereocenters. The number of hydrogen-bond acceptors (Lipinski definition) is 5. The Labute approximate surface area is 170 Å². The first-order chi connectivity index (χ1) is 14.2. The number of hydrogen-bond donors (Lipinski definition) is 1. The molecule has 1 fully saturated rings. The van der Waals surface area contributed by atoms with Gasteiger partial charge in [-0.15, -0.1) is 0 Å². The van der Waals surface area contributed by atoms with Gasteiger partial charge >= 0.3 is 0 Å². The summed E-state index contributed by atoms with van der Waals surface area (Å²) in [7, 11) is 4.99. The first-order valence-corrected chi connectivity index (χ1v) is 10.3. The van der Waals surface area contributed by atoms with Crippen molar-refractivity contribution < 1.29 is 19.3 Å². The van der Waals surface area contributed by atoms with Crippen molar-refractivity contribution in [2.24, 2.45) is 0 Å². The molecule has 3 aromatic rings. The molecule has 2 aliphatic rings. The summed E-state index contributed by atoms with van der Waals surface area (Å²) in [5, 5.41) is 15.8. The maximum Gasteiger partial charge on any atom is 0.161 e. The molecule has 5 rings (SSSR count). The Morgan fingerprint density at radius 1 is 0.862 bits per heavy atom. The average Bonchev–Trinajstić information content (AvgIpc) is 2.77. The van der Waals surface area contributed by atoms with E-state index in [4.69, 9.17) is 14.2 Å². The molecular weight excluding hydrogens is 366 g/mol. The maximum atomic E-state index is 11.5. The normalized spacial score (nSPS) is 21.7. The molecular formula is C24H27NO4. The summed E-state index contributed by atoms with van der Waals surface area (Å²) >= 11 is 0. The summed E-state index contributed by atoms with van der Waals surface area (Å²) in [6, 6.07) is 10.4. The highest BCUT2D eigenvalue weighted by Crippen LogP contribution is 2.47. The SMILES string of the molecule is COc1ccc2c3c(c4cc(OC)c(OC)cc4c2c1)[C@H](O)[C@@H]1CCCCN1C3. The van der Waals surface area contributed by atoms with Crippen molar-refractivity contribution >= 4 is 21.5 Å². The van der Waals surface area contributed by atoms with Crippen LogP contribution in [0, 0.1) is 0 Å². The number of nitrogens with zero attached hydrogens (tertiary/aromatic N) is 1. The van der Waals surface area contributed by atoms with Gasteiger partial charge in [-0.1, -0.05) is 12.5 Å². The van der Waals surface area contributed by atoms with Gasteiger partial charge in [-0.05, 0) is 76.3 Å².